The molecule has 0 aliphatic carbocycles. The molecule has 0 aliphatic heterocycles. The summed E-state index contributed by atoms with van der Waals surface area (Å²) in [5.74, 6) is 0. The monoisotopic (exact) mass is 426 g/mol. The summed E-state index contributed by atoms with van der Waals surface area (Å²) in [5.41, 5.74) is 8.97. The Morgan fingerprint density at radius 1 is 0.355 bits per heavy atom. The summed E-state index contributed by atoms with van der Waals surface area (Å²) in [6, 6.07) is 0. The van der Waals surface area contributed by atoms with Gasteiger partial charge in [-0.25, -0.2) is 0 Å². The summed E-state index contributed by atoms with van der Waals surface area (Å²) >= 11 is 0. The Morgan fingerprint density at radius 3 is 0.839 bits per heavy atom. The van der Waals surface area contributed by atoms with Crippen LogP contribution >= 0.6 is 0 Å². The molecule has 0 aromatic heterocycles. The van der Waals surface area contributed by atoms with Crippen molar-refractivity contribution in [3.63, 3.8) is 0 Å². The average Bonchev–Trinajstić information content (AvgIpc) is 2.64. The van der Waals surface area contributed by atoms with E-state index in [0.717, 1.165) is 0 Å². The van der Waals surface area contributed by atoms with E-state index in [-0.39, 0.29) is 5.48 Å². The fourth-order valence-corrected chi connectivity index (χ4v) is 3.34. The summed E-state index contributed by atoms with van der Waals surface area (Å²) < 4.78 is 0. The molecule has 0 amide bonds. The molecule has 0 aromatic carbocycles. The molecule has 0 heterocycles. The first kappa shape index (κ1) is 31.6. The minimum Gasteiger partial charge on any atom is -0.0856 e. The molecule has 0 atom stereocenters. The van der Waals surface area contributed by atoms with Gasteiger partial charge in [0.15, 0.2) is 0 Å². The highest BCUT2D eigenvalue weighted by Crippen LogP contribution is 2.14. The number of allylic oxidation sites excluding steroid dienone is 12. The van der Waals surface area contributed by atoms with Crippen LogP contribution in [-0.4, -0.2) is 0 Å². The second kappa shape index (κ2) is 20.3. The zero-order valence-electron chi connectivity index (χ0n) is 21.9. The molecule has 31 heavy (non-hydrogen) atoms. The minimum atomic E-state index is 0. The van der Waals surface area contributed by atoms with Gasteiger partial charge in [0.25, 0.3) is 0 Å². The van der Waals surface area contributed by atoms with Gasteiger partial charge in [-0.3, -0.25) is 0 Å². The van der Waals surface area contributed by atoms with E-state index < -0.39 is 0 Å². The maximum Gasteiger partial charge on any atom is 0 e. The van der Waals surface area contributed by atoms with Crippen LogP contribution in [0.25, 0.3) is 0 Å². The highest BCUT2D eigenvalue weighted by Gasteiger charge is 1.94. The Labute approximate surface area is 195 Å². The molecule has 0 rings (SSSR count). The highest BCUT2D eigenvalue weighted by atomic mass is 16.0. The van der Waals surface area contributed by atoms with Crippen LogP contribution in [0.5, 0.6) is 0 Å². The van der Waals surface area contributed by atoms with E-state index in [0.29, 0.717) is 0 Å². The Hall–Kier alpha value is -1.60. The van der Waals surface area contributed by atoms with Gasteiger partial charge in [0.05, 0.1) is 0 Å². The standard InChI is InChI=1S/C30H50.O/c1-25(2)15-11-19-29(7)23-13-21-27(5)17-9-10-18-28(6)22-14-24-30(8)20-12-16-26(3)4;/h15-18,23-24H,9-14,19-22H2,1-8H3;/b27-17+,28-18+,29-23+,30-24+;. The van der Waals surface area contributed by atoms with Crippen molar-refractivity contribution in [3.8, 4) is 0 Å². The van der Waals surface area contributed by atoms with Crippen molar-refractivity contribution in [1.29, 1.82) is 0 Å². The molecule has 0 saturated carbocycles. The Kier molecular flexibility index (Phi) is 20.7. The smallest absolute Gasteiger partial charge is 0 e. The van der Waals surface area contributed by atoms with Crippen LogP contribution in [0.15, 0.2) is 69.9 Å². The molecule has 0 aromatic rings. The normalized spacial score (nSPS) is 13.0. The molecule has 1 heteroatoms. The Balaban J connectivity index is 0. The molecule has 0 fully saturated rings. The van der Waals surface area contributed by atoms with Crippen LogP contribution in [-0.2, 0) is 5.48 Å². The zero-order valence-corrected chi connectivity index (χ0v) is 21.9. The number of hydrogen-bond acceptors (Lipinski definition) is 0. The quantitative estimate of drug-likeness (QED) is 0.184. The van der Waals surface area contributed by atoms with Gasteiger partial charge in [0.1, 0.15) is 0 Å². The fourth-order valence-electron chi connectivity index (χ4n) is 3.34. The van der Waals surface area contributed by atoms with E-state index in [1.807, 2.05) is 0 Å². The topological polar surface area (TPSA) is 28.5 Å². The Morgan fingerprint density at radius 2 is 0.581 bits per heavy atom. The highest BCUT2D eigenvalue weighted by molar-refractivity contribution is 5.08. The summed E-state index contributed by atoms with van der Waals surface area (Å²) in [6.07, 6.45) is 26.2. The number of hydrogen-bond donors (Lipinski definition) is 0. The maximum absolute atomic E-state index is 2.43. The maximum atomic E-state index is 2.43. The molecule has 0 unspecified atom stereocenters. The average molecular weight is 427 g/mol. The largest absolute Gasteiger partial charge is 0.0856 e. The van der Waals surface area contributed by atoms with E-state index >= 15 is 0 Å². The molecule has 1 nitrogen and oxygen atoms in total. The van der Waals surface area contributed by atoms with Crippen LogP contribution in [0.3, 0.4) is 0 Å². The predicted molar refractivity (Wildman–Crippen MR) is 141 cm³/mol. The van der Waals surface area contributed by atoms with Gasteiger partial charge in [-0.05, 0) is 120 Å². The van der Waals surface area contributed by atoms with Crippen molar-refractivity contribution in [2.45, 2.75) is 120 Å². The second-order valence-corrected chi connectivity index (χ2v) is 9.50. The molecular weight excluding hydrogens is 376 g/mol. The van der Waals surface area contributed by atoms with Crippen molar-refractivity contribution in [2.24, 2.45) is 0 Å². The molecule has 0 saturated heterocycles. The molecule has 2 radical (unpaired) electrons. The number of unbranched alkanes of at least 4 members (excludes halogenated alkanes) is 1. The van der Waals surface area contributed by atoms with Crippen LogP contribution in [0.2, 0.25) is 0 Å². The van der Waals surface area contributed by atoms with Crippen LogP contribution in [0.1, 0.15) is 120 Å². The molecule has 0 bridgehead atoms. The van der Waals surface area contributed by atoms with Crippen molar-refractivity contribution in [2.75, 3.05) is 0 Å². The molecular formula is C30H50O. The number of rotatable bonds is 15. The zero-order chi connectivity index (χ0) is 22.8. The fraction of sp³-hybridized carbons (Fsp3) is 0.600. The van der Waals surface area contributed by atoms with Gasteiger partial charge in [0, 0.05) is 5.48 Å². The third-order valence-corrected chi connectivity index (χ3v) is 5.40. The van der Waals surface area contributed by atoms with Gasteiger partial charge >= 0.3 is 0 Å². The van der Waals surface area contributed by atoms with Crippen LogP contribution < -0.4 is 0 Å². The van der Waals surface area contributed by atoms with Crippen molar-refractivity contribution < 1.29 is 5.48 Å². The summed E-state index contributed by atoms with van der Waals surface area (Å²) in [6.45, 7) is 17.8. The van der Waals surface area contributed by atoms with E-state index in [4.69, 9.17) is 0 Å². The molecule has 0 spiro atoms. The third kappa shape index (κ3) is 22.9. The lowest BCUT2D eigenvalue weighted by molar-refractivity contribution is 0.686. The van der Waals surface area contributed by atoms with E-state index in [9.17, 15) is 0 Å². The third-order valence-electron chi connectivity index (χ3n) is 5.40. The lowest BCUT2D eigenvalue weighted by Crippen LogP contribution is -1.82. The van der Waals surface area contributed by atoms with Crippen molar-refractivity contribution in [1.82, 2.24) is 0 Å². The lowest BCUT2D eigenvalue weighted by Gasteiger charge is -2.02. The second-order valence-electron chi connectivity index (χ2n) is 9.50. The first-order valence-electron chi connectivity index (χ1n) is 12.1. The van der Waals surface area contributed by atoms with Gasteiger partial charge in [-0.15, -0.1) is 0 Å². The van der Waals surface area contributed by atoms with Crippen LogP contribution in [0, 0.1) is 0 Å². The SMILES string of the molecule is CC(C)=CCC/C(C)=C/CC/C(C)=C/CC/C=C(\C)CC/C=C(\C)CCC=C(C)C.[O]. The summed E-state index contributed by atoms with van der Waals surface area (Å²) in [5, 5.41) is 0. The van der Waals surface area contributed by atoms with Crippen LogP contribution in [0.4, 0.5) is 0 Å². The van der Waals surface area contributed by atoms with E-state index in [2.05, 4.69) is 91.8 Å². The first-order valence-corrected chi connectivity index (χ1v) is 12.1. The van der Waals surface area contributed by atoms with Gasteiger partial charge in [-0.2, -0.15) is 0 Å². The molecule has 0 N–H and O–H groups in total. The summed E-state index contributed by atoms with van der Waals surface area (Å²) in [4.78, 5) is 0. The lowest BCUT2D eigenvalue weighted by atomic mass is 10.0. The molecule has 0 aliphatic rings. The van der Waals surface area contributed by atoms with Gasteiger partial charge < -0.3 is 0 Å². The van der Waals surface area contributed by atoms with E-state index in [1.165, 1.54) is 97.6 Å². The first-order chi connectivity index (χ1) is 14.2. The van der Waals surface area contributed by atoms with Gasteiger partial charge in [0.2, 0.25) is 0 Å². The predicted octanol–water partition coefficient (Wildman–Crippen LogP) is 10.5. The van der Waals surface area contributed by atoms with Crippen molar-refractivity contribution in [3.05, 3.63) is 69.9 Å². The van der Waals surface area contributed by atoms with E-state index in [1.54, 1.807) is 0 Å². The van der Waals surface area contributed by atoms with Gasteiger partial charge in [-0.1, -0.05) is 69.9 Å². The Bertz CT molecular complexity index is 584. The summed E-state index contributed by atoms with van der Waals surface area (Å²) in [7, 11) is 0. The molecule has 176 valence electrons. The van der Waals surface area contributed by atoms with Crippen molar-refractivity contribution >= 4 is 0 Å². The minimum absolute atomic E-state index is 0.